The van der Waals surface area contributed by atoms with Crippen molar-refractivity contribution in [1.82, 2.24) is 10.2 Å². The van der Waals surface area contributed by atoms with Gasteiger partial charge in [0.15, 0.2) is 5.69 Å². The Balaban J connectivity index is 2.09. The molecule has 2 N–H and O–H groups in total. The van der Waals surface area contributed by atoms with E-state index in [1.807, 2.05) is 0 Å². The molecule has 1 unspecified atom stereocenters. The minimum atomic E-state index is -4.88. The number of anilines is 1. The number of amides is 1. The van der Waals surface area contributed by atoms with Crippen LogP contribution in [0.4, 0.5) is 18.9 Å². The molecule has 0 aliphatic heterocycles. The van der Waals surface area contributed by atoms with E-state index in [9.17, 15) is 22.2 Å². The van der Waals surface area contributed by atoms with E-state index >= 15 is 0 Å². The second-order valence-corrected chi connectivity index (χ2v) is 9.77. The lowest BCUT2D eigenvalue weighted by molar-refractivity contribution is -0.142. The van der Waals surface area contributed by atoms with Crippen molar-refractivity contribution in [3.63, 3.8) is 0 Å². The number of nitrogens with one attached hydrogen (secondary N) is 2. The van der Waals surface area contributed by atoms with Crippen LogP contribution in [0.2, 0.25) is 10.0 Å². The highest BCUT2D eigenvalue weighted by Crippen LogP contribution is 2.38. The van der Waals surface area contributed by atoms with Gasteiger partial charge in [0.2, 0.25) is 0 Å². The fourth-order valence-electron chi connectivity index (χ4n) is 2.78. The fourth-order valence-corrected chi connectivity index (χ4v) is 3.80. The molecule has 0 aliphatic carbocycles. The van der Waals surface area contributed by atoms with Gasteiger partial charge in [-0.05, 0) is 42.8 Å². The lowest BCUT2D eigenvalue weighted by Crippen LogP contribution is -2.21. The number of rotatable bonds is 5. The van der Waals surface area contributed by atoms with Crippen LogP contribution in [0.3, 0.4) is 0 Å². The van der Waals surface area contributed by atoms with E-state index in [2.05, 4.69) is 15.5 Å². The molecule has 0 fully saturated rings. The van der Waals surface area contributed by atoms with Gasteiger partial charge >= 0.3 is 6.18 Å². The quantitative estimate of drug-likeness (QED) is 0.418. The largest absolute Gasteiger partial charge is 0.435 e. The molecule has 1 amide bonds. The molecule has 1 heterocycles. The van der Waals surface area contributed by atoms with Gasteiger partial charge in [0, 0.05) is 16.8 Å². The molecule has 33 heavy (non-hydrogen) atoms. The SMILES string of the molecule is Cc1c(C(F)(F)F)nnc(Oc2cccc(Cl)c2Cl)c1C(=O)Nc1cccc(S(C)(=N)=O)c1. The third-order valence-electron chi connectivity index (χ3n) is 4.34. The molecule has 0 saturated carbocycles. The lowest BCUT2D eigenvalue weighted by atomic mass is 10.1. The second kappa shape index (κ2) is 9.16. The minimum Gasteiger partial charge on any atom is -0.435 e. The third kappa shape index (κ3) is 5.55. The zero-order valence-corrected chi connectivity index (χ0v) is 19.3. The van der Waals surface area contributed by atoms with E-state index in [0.717, 1.165) is 6.92 Å². The Morgan fingerprint density at radius 1 is 1.15 bits per heavy atom. The molecule has 0 saturated heterocycles. The number of carbonyl (C=O) groups is 1. The molecule has 0 bridgehead atoms. The standard InChI is InChI=1S/C20H15Cl2F3N4O3S/c1-10-15(18(30)27-11-5-3-6-12(9-11)33(2,26)31)19(29-28-17(10)20(23,24)25)32-14-8-4-7-13(21)16(14)22/h3-9,26H,1-2H3,(H,27,30). The molecule has 1 aromatic heterocycles. The molecular formula is C20H15Cl2F3N4O3S. The molecule has 1 atom stereocenters. The lowest BCUT2D eigenvalue weighted by Gasteiger charge is -2.16. The van der Waals surface area contributed by atoms with Crippen LogP contribution in [-0.2, 0) is 15.9 Å². The van der Waals surface area contributed by atoms with Gasteiger partial charge in [0.05, 0.1) is 14.8 Å². The monoisotopic (exact) mass is 518 g/mol. The van der Waals surface area contributed by atoms with Crippen molar-refractivity contribution in [3.05, 3.63) is 69.3 Å². The number of alkyl halides is 3. The Morgan fingerprint density at radius 3 is 2.45 bits per heavy atom. The van der Waals surface area contributed by atoms with Crippen LogP contribution in [0.25, 0.3) is 0 Å². The maximum absolute atomic E-state index is 13.4. The van der Waals surface area contributed by atoms with E-state index in [-0.39, 0.29) is 26.4 Å². The Hall–Kier alpha value is -2.89. The normalized spacial score (nSPS) is 13.3. The maximum atomic E-state index is 13.4. The van der Waals surface area contributed by atoms with Crippen LogP contribution < -0.4 is 10.1 Å². The van der Waals surface area contributed by atoms with Crippen molar-refractivity contribution < 1.29 is 26.9 Å². The number of hydrogen-bond donors (Lipinski definition) is 2. The molecule has 13 heteroatoms. The van der Waals surface area contributed by atoms with Gasteiger partial charge in [0.25, 0.3) is 11.8 Å². The van der Waals surface area contributed by atoms with E-state index < -0.39 is 44.5 Å². The highest BCUT2D eigenvalue weighted by molar-refractivity contribution is 7.91. The van der Waals surface area contributed by atoms with Crippen LogP contribution in [0.15, 0.2) is 47.4 Å². The summed E-state index contributed by atoms with van der Waals surface area (Å²) in [5, 5.41) is 9.14. The predicted molar refractivity (Wildman–Crippen MR) is 118 cm³/mol. The topological polar surface area (TPSA) is 105 Å². The van der Waals surface area contributed by atoms with Crippen molar-refractivity contribution in [2.24, 2.45) is 0 Å². The number of carbonyl (C=O) groups excluding carboxylic acids is 1. The second-order valence-electron chi connectivity index (χ2n) is 6.83. The maximum Gasteiger partial charge on any atom is 0.435 e. The zero-order valence-electron chi connectivity index (χ0n) is 17.0. The summed E-state index contributed by atoms with van der Waals surface area (Å²) in [5.41, 5.74) is -2.33. The van der Waals surface area contributed by atoms with Crippen LogP contribution in [0.1, 0.15) is 21.6 Å². The van der Waals surface area contributed by atoms with E-state index in [1.54, 1.807) is 0 Å². The number of nitrogens with zero attached hydrogens (tertiary/aromatic N) is 2. The average Bonchev–Trinajstić information content (AvgIpc) is 2.70. The molecule has 3 aromatic rings. The number of benzene rings is 2. The molecule has 7 nitrogen and oxygen atoms in total. The first kappa shape index (κ1) is 24.7. The van der Waals surface area contributed by atoms with Gasteiger partial charge in [-0.15, -0.1) is 10.2 Å². The van der Waals surface area contributed by atoms with Crippen molar-refractivity contribution >= 4 is 44.5 Å². The highest BCUT2D eigenvalue weighted by Gasteiger charge is 2.38. The van der Waals surface area contributed by atoms with E-state index in [1.165, 1.54) is 48.7 Å². The number of halogens is 5. The summed E-state index contributed by atoms with van der Waals surface area (Å²) in [5.74, 6) is -1.57. The van der Waals surface area contributed by atoms with Crippen LogP contribution in [0, 0.1) is 11.7 Å². The molecule has 174 valence electrons. The molecule has 0 aliphatic rings. The predicted octanol–water partition coefficient (Wildman–Crippen LogP) is 6.19. The Kier molecular flexibility index (Phi) is 6.87. The summed E-state index contributed by atoms with van der Waals surface area (Å²) in [6.45, 7) is 1.05. The number of aromatic nitrogens is 2. The van der Waals surface area contributed by atoms with Gasteiger partial charge in [-0.25, -0.2) is 8.99 Å². The third-order valence-corrected chi connectivity index (χ3v) is 6.30. The van der Waals surface area contributed by atoms with Crippen molar-refractivity contribution in [3.8, 4) is 11.6 Å². The van der Waals surface area contributed by atoms with Gasteiger partial charge in [-0.3, -0.25) is 4.79 Å². The molecule has 3 rings (SSSR count). The molecular weight excluding hydrogens is 504 g/mol. The number of ether oxygens (including phenoxy) is 1. The van der Waals surface area contributed by atoms with Gasteiger partial charge in [-0.1, -0.05) is 35.3 Å². The summed E-state index contributed by atoms with van der Waals surface area (Å²) in [6.07, 6.45) is -3.68. The fraction of sp³-hybridized carbons (Fsp3) is 0.150. The number of hydrogen-bond acceptors (Lipinski definition) is 6. The van der Waals surface area contributed by atoms with Gasteiger partial charge in [-0.2, -0.15) is 13.2 Å². The van der Waals surface area contributed by atoms with Crippen molar-refractivity contribution in [1.29, 1.82) is 4.78 Å². The van der Waals surface area contributed by atoms with Crippen molar-refractivity contribution in [2.75, 3.05) is 11.6 Å². The molecule has 2 aromatic carbocycles. The highest BCUT2D eigenvalue weighted by atomic mass is 35.5. The molecule has 0 radical (unpaired) electrons. The first-order chi connectivity index (χ1) is 15.3. The van der Waals surface area contributed by atoms with Crippen LogP contribution >= 0.6 is 23.2 Å². The average molecular weight is 519 g/mol. The van der Waals surface area contributed by atoms with E-state index in [0.29, 0.717) is 0 Å². The first-order valence-corrected chi connectivity index (χ1v) is 11.7. The summed E-state index contributed by atoms with van der Waals surface area (Å²) < 4.78 is 65.4. The smallest absolute Gasteiger partial charge is 0.435 e. The summed E-state index contributed by atoms with van der Waals surface area (Å²) in [6, 6.07) is 9.94. The Bertz CT molecular complexity index is 1350. The van der Waals surface area contributed by atoms with E-state index in [4.69, 9.17) is 32.7 Å². The minimum absolute atomic E-state index is 0.0364. The summed E-state index contributed by atoms with van der Waals surface area (Å²) in [4.78, 5) is 13.2. The van der Waals surface area contributed by atoms with Crippen LogP contribution in [0.5, 0.6) is 11.6 Å². The Labute approximate surface area is 196 Å². The first-order valence-electron chi connectivity index (χ1n) is 9.00. The van der Waals surface area contributed by atoms with Gasteiger partial charge < -0.3 is 10.1 Å². The molecule has 0 spiro atoms. The summed E-state index contributed by atoms with van der Waals surface area (Å²) in [7, 11) is -3.09. The summed E-state index contributed by atoms with van der Waals surface area (Å²) >= 11 is 12.0. The Morgan fingerprint density at radius 2 is 1.82 bits per heavy atom. The van der Waals surface area contributed by atoms with Crippen LogP contribution in [-0.4, -0.2) is 26.6 Å². The van der Waals surface area contributed by atoms with Crippen molar-refractivity contribution in [2.45, 2.75) is 18.0 Å². The van der Waals surface area contributed by atoms with Gasteiger partial charge in [0.1, 0.15) is 16.3 Å². The zero-order chi connectivity index (χ0) is 24.6.